The van der Waals surface area contributed by atoms with Gasteiger partial charge in [0, 0.05) is 6.92 Å². The molecule has 5 N–H and O–H groups in total. The Balaban J connectivity index is -0.0000000270. The van der Waals surface area contributed by atoms with Crippen LogP contribution in [0.25, 0.3) is 0 Å². The number of carbonyl (C=O) groups excluding carboxylic acids is 2. The van der Waals surface area contributed by atoms with Gasteiger partial charge in [-0.15, -0.1) is 0 Å². The SMILES string of the molecule is CC(=O)O.NC(=O)[S-].NC(=O)[S-].[Na+].[Na+]. The molecule has 0 bridgehead atoms. The maximum atomic E-state index is 9.04. The van der Waals surface area contributed by atoms with Crippen LogP contribution in [0.4, 0.5) is 9.59 Å². The van der Waals surface area contributed by atoms with Crippen LogP contribution in [-0.4, -0.2) is 21.6 Å². The molecule has 0 radical (unpaired) electrons. The number of carboxylic acids is 1. The zero-order valence-electron chi connectivity index (χ0n) is 8.14. The van der Waals surface area contributed by atoms with E-state index in [-0.39, 0.29) is 59.1 Å². The molecule has 0 aliphatic carbocycles. The molecule has 2 amide bonds. The molecule has 0 fully saturated rings. The molecular formula is C4H8N2Na2O4S2. The molecule has 6 nitrogen and oxygen atoms in total. The number of aliphatic carboxylic acids is 1. The Morgan fingerprint density at radius 1 is 1.00 bits per heavy atom. The maximum Gasteiger partial charge on any atom is 1.00 e. The van der Waals surface area contributed by atoms with Crippen LogP contribution < -0.4 is 70.6 Å². The summed E-state index contributed by atoms with van der Waals surface area (Å²) in [5.41, 5.74) is 8.57. The zero-order chi connectivity index (χ0) is 10.7. The van der Waals surface area contributed by atoms with E-state index in [2.05, 4.69) is 36.7 Å². The number of nitrogens with two attached hydrogens (primary N) is 2. The Hall–Kier alpha value is 0.850. The molecule has 0 spiro atoms. The summed E-state index contributed by atoms with van der Waals surface area (Å²) in [7, 11) is 0. The minimum Gasteiger partial charge on any atom is -0.719 e. The summed E-state index contributed by atoms with van der Waals surface area (Å²) in [6, 6.07) is 0. The van der Waals surface area contributed by atoms with E-state index in [1.165, 1.54) is 0 Å². The predicted octanol–water partition coefficient (Wildman–Crippen LogP) is -6.68. The van der Waals surface area contributed by atoms with Gasteiger partial charge in [0.25, 0.3) is 5.97 Å². The summed E-state index contributed by atoms with van der Waals surface area (Å²) in [6.07, 6.45) is 0. The Kier molecular flexibility index (Phi) is 49.4. The predicted molar refractivity (Wildman–Crippen MR) is 47.2 cm³/mol. The van der Waals surface area contributed by atoms with Crippen molar-refractivity contribution in [3.8, 4) is 0 Å². The molecule has 0 saturated carbocycles. The van der Waals surface area contributed by atoms with Crippen LogP contribution in [0, 0.1) is 0 Å². The van der Waals surface area contributed by atoms with Crippen molar-refractivity contribution in [1.29, 1.82) is 0 Å². The van der Waals surface area contributed by atoms with E-state index in [1.807, 2.05) is 0 Å². The standard InChI is InChI=1S/C2H4O2.2CH3NOS.2Na/c1-2(3)4;2*2-1(3)4;;/h1H3,(H,3,4);2*(H3,2,3,4);;/q;;;2*+1/p-2. The van der Waals surface area contributed by atoms with Gasteiger partial charge in [0.15, 0.2) is 0 Å². The van der Waals surface area contributed by atoms with Crippen molar-refractivity contribution in [2.24, 2.45) is 11.5 Å². The molecule has 14 heavy (non-hydrogen) atoms. The molecule has 0 unspecified atom stereocenters. The van der Waals surface area contributed by atoms with Crippen LogP contribution in [0.3, 0.4) is 0 Å². The van der Waals surface area contributed by atoms with Crippen molar-refractivity contribution in [2.45, 2.75) is 6.92 Å². The number of carboxylic acid groups (broad SMARTS) is 1. The van der Waals surface area contributed by atoms with Gasteiger partial charge in [-0.3, -0.25) is 4.79 Å². The fourth-order valence-electron chi connectivity index (χ4n) is 0. The van der Waals surface area contributed by atoms with Gasteiger partial charge in [0.1, 0.15) is 0 Å². The molecule has 10 heteroatoms. The molecule has 0 aliphatic heterocycles. The quantitative estimate of drug-likeness (QED) is 0.293. The Morgan fingerprint density at radius 2 is 1.00 bits per heavy atom. The third-order valence-electron chi connectivity index (χ3n) is 0. The average molecular weight is 258 g/mol. The number of amides is 2. The van der Waals surface area contributed by atoms with Crippen LogP contribution in [0.5, 0.6) is 0 Å². The van der Waals surface area contributed by atoms with Gasteiger partial charge in [-0.05, 0) is 0 Å². The molecule has 0 aromatic rings. The molecule has 0 atom stereocenters. The second kappa shape index (κ2) is 23.6. The largest absolute Gasteiger partial charge is 1.00 e. The first kappa shape index (κ1) is 29.4. The van der Waals surface area contributed by atoms with Crippen molar-refractivity contribution >= 4 is 41.7 Å². The van der Waals surface area contributed by atoms with Crippen LogP contribution in [0.2, 0.25) is 0 Å². The second-order valence-corrected chi connectivity index (χ2v) is 1.96. The van der Waals surface area contributed by atoms with Gasteiger partial charge in [0.2, 0.25) is 0 Å². The number of hydrogen-bond acceptors (Lipinski definition) is 5. The fraction of sp³-hybridized carbons (Fsp3) is 0.250. The minimum atomic E-state index is -0.833. The molecule has 72 valence electrons. The van der Waals surface area contributed by atoms with Gasteiger partial charge in [-0.2, -0.15) is 0 Å². The van der Waals surface area contributed by atoms with Gasteiger partial charge >= 0.3 is 59.1 Å². The van der Waals surface area contributed by atoms with E-state index < -0.39 is 16.4 Å². The maximum absolute atomic E-state index is 9.04. The van der Waals surface area contributed by atoms with Gasteiger partial charge in [-0.25, -0.2) is 0 Å². The Bertz CT molecular complexity index is 129. The van der Waals surface area contributed by atoms with Gasteiger partial charge < -0.3 is 51.4 Å². The minimum absolute atomic E-state index is 0. The second-order valence-electron chi connectivity index (χ2n) is 1.16. The number of rotatable bonds is 0. The number of hydrogen-bond donors (Lipinski definition) is 3. The smallest absolute Gasteiger partial charge is 0.719 e. The summed E-state index contributed by atoms with van der Waals surface area (Å²) < 4.78 is 0. The van der Waals surface area contributed by atoms with E-state index in [0.29, 0.717) is 0 Å². The van der Waals surface area contributed by atoms with Crippen LogP contribution >= 0.6 is 0 Å². The molecule has 0 saturated heterocycles. The monoisotopic (exact) mass is 258 g/mol. The Labute approximate surface area is 137 Å². The summed E-state index contributed by atoms with van der Waals surface area (Å²) in [5.74, 6) is -0.833. The van der Waals surface area contributed by atoms with Crippen molar-refractivity contribution in [3.63, 3.8) is 0 Å². The summed E-state index contributed by atoms with van der Waals surface area (Å²) in [6.45, 7) is 1.08. The number of carbonyl (C=O) groups is 3. The number of primary amides is 2. The van der Waals surface area contributed by atoms with Crippen molar-refractivity contribution in [1.82, 2.24) is 0 Å². The first-order valence-corrected chi connectivity index (χ1v) is 3.14. The van der Waals surface area contributed by atoms with E-state index in [4.69, 9.17) is 19.5 Å². The van der Waals surface area contributed by atoms with Gasteiger partial charge in [0.05, 0.1) is 10.5 Å². The molecule has 0 aliphatic rings. The van der Waals surface area contributed by atoms with Crippen molar-refractivity contribution < 1.29 is 78.6 Å². The third kappa shape index (κ3) is 2500. The summed E-state index contributed by atoms with van der Waals surface area (Å²) >= 11 is 7.52. The molecule has 0 rings (SSSR count). The summed E-state index contributed by atoms with van der Waals surface area (Å²) in [4.78, 5) is 27.1. The van der Waals surface area contributed by atoms with Crippen LogP contribution in [-0.2, 0) is 30.1 Å². The van der Waals surface area contributed by atoms with Crippen LogP contribution in [0.15, 0.2) is 0 Å². The van der Waals surface area contributed by atoms with E-state index in [0.717, 1.165) is 6.92 Å². The zero-order valence-corrected chi connectivity index (χ0v) is 13.8. The van der Waals surface area contributed by atoms with E-state index in [1.54, 1.807) is 0 Å². The normalized spacial score (nSPS) is 5.21. The first-order chi connectivity index (χ1) is 5.20. The van der Waals surface area contributed by atoms with Gasteiger partial charge in [-0.1, -0.05) is 0 Å². The molecular weight excluding hydrogens is 250 g/mol. The molecule has 0 heterocycles. The molecule has 0 aromatic heterocycles. The first-order valence-electron chi connectivity index (χ1n) is 2.32. The Morgan fingerprint density at radius 3 is 1.00 bits per heavy atom. The average Bonchev–Trinajstić information content (AvgIpc) is 1.54. The third-order valence-corrected chi connectivity index (χ3v) is 0. The molecule has 0 aromatic carbocycles. The van der Waals surface area contributed by atoms with Crippen LogP contribution in [0.1, 0.15) is 6.92 Å². The van der Waals surface area contributed by atoms with E-state index in [9.17, 15) is 0 Å². The van der Waals surface area contributed by atoms with Crippen molar-refractivity contribution in [3.05, 3.63) is 0 Å². The van der Waals surface area contributed by atoms with Crippen molar-refractivity contribution in [2.75, 3.05) is 0 Å². The summed E-state index contributed by atoms with van der Waals surface area (Å²) in [5, 5.41) is 5.92. The van der Waals surface area contributed by atoms with E-state index >= 15 is 0 Å². The topological polar surface area (TPSA) is 123 Å². The fourth-order valence-corrected chi connectivity index (χ4v) is 0.